The number of rotatable bonds is 10. The maximum absolute atomic E-state index is 12.3. The van der Waals surface area contributed by atoms with Crippen LogP contribution in [0.3, 0.4) is 0 Å². The van der Waals surface area contributed by atoms with E-state index in [0.717, 1.165) is 33.9 Å². The Balaban J connectivity index is 0.00000338. The molecular weight excluding hydrogens is 496 g/mol. The Morgan fingerprint density at radius 1 is 1.04 bits per heavy atom. The third kappa shape index (κ3) is 8.50. The molecule has 0 aliphatic heterocycles. The zero-order valence-electron chi connectivity index (χ0n) is 16.0. The number of unbranched alkanes of at least 4 members (excludes halogenated alkanes) is 1. The van der Waals surface area contributed by atoms with E-state index in [4.69, 9.17) is 0 Å². The number of para-hydroxylation sites is 1. The number of carbonyl (C=O) groups excluding carboxylic acids is 1. The SMILES string of the molecule is CCCN(CCC)CCCCNC(=O)c1ccc2cccc(I)c2n1.Cl.Cl. The van der Waals surface area contributed by atoms with Crippen molar-refractivity contribution in [2.75, 3.05) is 26.2 Å². The van der Waals surface area contributed by atoms with Crippen molar-refractivity contribution < 1.29 is 4.79 Å². The van der Waals surface area contributed by atoms with Crippen molar-refractivity contribution >= 4 is 64.2 Å². The molecule has 0 bridgehead atoms. The Bertz CT molecular complexity index is 694. The fourth-order valence-electron chi connectivity index (χ4n) is 2.96. The Labute approximate surface area is 188 Å². The van der Waals surface area contributed by atoms with Crippen molar-refractivity contribution in [3.05, 3.63) is 39.6 Å². The standard InChI is InChI=1S/C20H28IN3O.2ClH/c1-3-13-24(14-4-2)15-6-5-12-22-20(25)18-11-10-16-8-7-9-17(21)19(16)23-18;;/h7-11H,3-6,12-15H2,1-2H3,(H,22,25);2*1H. The van der Waals surface area contributed by atoms with Gasteiger partial charge in [0.25, 0.3) is 5.91 Å². The van der Waals surface area contributed by atoms with Crippen molar-refractivity contribution in [1.29, 1.82) is 0 Å². The van der Waals surface area contributed by atoms with Gasteiger partial charge in [0.05, 0.1) is 5.52 Å². The highest BCUT2D eigenvalue weighted by Gasteiger charge is 2.09. The van der Waals surface area contributed by atoms with E-state index in [1.807, 2.05) is 24.3 Å². The Morgan fingerprint density at radius 2 is 1.74 bits per heavy atom. The molecule has 0 radical (unpaired) electrons. The first-order valence-electron chi connectivity index (χ1n) is 9.21. The molecule has 2 aromatic rings. The number of nitrogens with zero attached hydrogens (tertiary/aromatic N) is 2. The summed E-state index contributed by atoms with van der Waals surface area (Å²) in [7, 11) is 0. The van der Waals surface area contributed by atoms with Crippen LogP contribution in [-0.4, -0.2) is 42.0 Å². The van der Waals surface area contributed by atoms with Gasteiger partial charge in [-0.1, -0.05) is 32.0 Å². The van der Waals surface area contributed by atoms with Gasteiger partial charge in [0, 0.05) is 15.5 Å². The molecule has 0 unspecified atom stereocenters. The minimum atomic E-state index is -0.0828. The van der Waals surface area contributed by atoms with Crippen LogP contribution >= 0.6 is 47.4 Å². The summed E-state index contributed by atoms with van der Waals surface area (Å²) < 4.78 is 1.07. The van der Waals surface area contributed by atoms with E-state index >= 15 is 0 Å². The molecule has 4 nitrogen and oxygen atoms in total. The highest BCUT2D eigenvalue weighted by Crippen LogP contribution is 2.18. The van der Waals surface area contributed by atoms with Gasteiger partial charge in [-0.15, -0.1) is 24.8 Å². The zero-order chi connectivity index (χ0) is 18.1. The molecule has 0 fully saturated rings. The zero-order valence-corrected chi connectivity index (χ0v) is 19.8. The Hall–Kier alpha value is -0.630. The molecular formula is C20H30Cl2IN3O. The van der Waals surface area contributed by atoms with Crippen LogP contribution in [-0.2, 0) is 0 Å². The molecule has 2 rings (SSSR count). The van der Waals surface area contributed by atoms with Crippen LogP contribution in [0.4, 0.5) is 0 Å². The number of aromatic nitrogens is 1. The van der Waals surface area contributed by atoms with E-state index in [1.165, 1.54) is 25.9 Å². The van der Waals surface area contributed by atoms with E-state index in [1.54, 1.807) is 6.07 Å². The maximum Gasteiger partial charge on any atom is 0.269 e. The molecule has 0 atom stereocenters. The third-order valence-electron chi connectivity index (χ3n) is 4.17. The second kappa shape index (κ2) is 14.4. The van der Waals surface area contributed by atoms with Crippen LogP contribution in [0.1, 0.15) is 50.0 Å². The summed E-state index contributed by atoms with van der Waals surface area (Å²) in [5.74, 6) is -0.0828. The predicted molar refractivity (Wildman–Crippen MR) is 128 cm³/mol. The molecule has 1 aromatic heterocycles. The fraction of sp³-hybridized carbons (Fsp3) is 0.500. The molecule has 1 amide bonds. The van der Waals surface area contributed by atoms with Crippen LogP contribution in [0.15, 0.2) is 30.3 Å². The first kappa shape index (κ1) is 26.4. The molecule has 1 aromatic carbocycles. The quantitative estimate of drug-likeness (QED) is 0.337. The highest BCUT2D eigenvalue weighted by molar-refractivity contribution is 14.1. The van der Waals surface area contributed by atoms with Gasteiger partial charge < -0.3 is 10.2 Å². The number of fused-ring (bicyclic) bond motifs is 1. The number of hydrogen-bond donors (Lipinski definition) is 1. The summed E-state index contributed by atoms with van der Waals surface area (Å²) in [5.41, 5.74) is 1.39. The molecule has 0 spiro atoms. The van der Waals surface area contributed by atoms with Crippen LogP contribution in [0.25, 0.3) is 10.9 Å². The van der Waals surface area contributed by atoms with Crippen LogP contribution < -0.4 is 5.32 Å². The molecule has 0 saturated heterocycles. The van der Waals surface area contributed by atoms with Crippen molar-refractivity contribution in [3.63, 3.8) is 0 Å². The van der Waals surface area contributed by atoms with Crippen molar-refractivity contribution in [2.45, 2.75) is 39.5 Å². The molecule has 27 heavy (non-hydrogen) atoms. The predicted octanol–water partition coefficient (Wildman–Crippen LogP) is 5.32. The maximum atomic E-state index is 12.3. The largest absolute Gasteiger partial charge is 0.351 e. The van der Waals surface area contributed by atoms with Gasteiger partial charge in [-0.3, -0.25) is 4.79 Å². The number of amides is 1. The van der Waals surface area contributed by atoms with Gasteiger partial charge in [0.15, 0.2) is 0 Å². The number of carbonyl (C=O) groups is 1. The number of benzene rings is 1. The number of halogens is 3. The van der Waals surface area contributed by atoms with Gasteiger partial charge in [-0.2, -0.15) is 0 Å². The van der Waals surface area contributed by atoms with Gasteiger partial charge in [-0.25, -0.2) is 4.98 Å². The summed E-state index contributed by atoms with van der Waals surface area (Å²) in [6.07, 6.45) is 4.51. The molecule has 1 N–H and O–H groups in total. The van der Waals surface area contributed by atoms with Crippen LogP contribution in [0.5, 0.6) is 0 Å². The third-order valence-corrected chi connectivity index (χ3v) is 5.04. The van der Waals surface area contributed by atoms with E-state index in [0.29, 0.717) is 12.2 Å². The summed E-state index contributed by atoms with van der Waals surface area (Å²) in [4.78, 5) is 19.3. The lowest BCUT2D eigenvalue weighted by Gasteiger charge is -2.20. The van der Waals surface area contributed by atoms with Crippen LogP contribution in [0, 0.1) is 3.57 Å². The van der Waals surface area contributed by atoms with E-state index in [2.05, 4.69) is 51.6 Å². The molecule has 0 aliphatic carbocycles. The van der Waals surface area contributed by atoms with E-state index in [-0.39, 0.29) is 30.7 Å². The number of nitrogens with one attached hydrogen (secondary N) is 1. The highest BCUT2D eigenvalue weighted by atomic mass is 127. The average molecular weight is 526 g/mol. The summed E-state index contributed by atoms with van der Waals surface area (Å²) in [6, 6.07) is 9.80. The van der Waals surface area contributed by atoms with Crippen molar-refractivity contribution in [2.24, 2.45) is 0 Å². The Kier molecular flexibility index (Phi) is 14.0. The summed E-state index contributed by atoms with van der Waals surface area (Å²) in [6.45, 7) is 8.60. The molecule has 0 aliphatic rings. The minimum Gasteiger partial charge on any atom is -0.351 e. The monoisotopic (exact) mass is 525 g/mol. The molecule has 7 heteroatoms. The van der Waals surface area contributed by atoms with Gasteiger partial charge >= 0.3 is 0 Å². The smallest absolute Gasteiger partial charge is 0.269 e. The second-order valence-electron chi connectivity index (χ2n) is 6.31. The van der Waals surface area contributed by atoms with Crippen molar-refractivity contribution in [1.82, 2.24) is 15.2 Å². The minimum absolute atomic E-state index is 0. The van der Waals surface area contributed by atoms with E-state index in [9.17, 15) is 4.79 Å². The molecule has 1 heterocycles. The van der Waals surface area contributed by atoms with Crippen molar-refractivity contribution in [3.8, 4) is 0 Å². The number of pyridine rings is 1. The fourth-order valence-corrected chi connectivity index (χ4v) is 3.60. The normalized spacial score (nSPS) is 10.4. The number of hydrogen-bond acceptors (Lipinski definition) is 3. The summed E-state index contributed by atoms with van der Waals surface area (Å²) >= 11 is 2.26. The first-order valence-corrected chi connectivity index (χ1v) is 10.3. The first-order chi connectivity index (χ1) is 12.2. The van der Waals surface area contributed by atoms with Gasteiger partial charge in [0.1, 0.15) is 5.69 Å². The van der Waals surface area contributed by atoms with Gasteiger partial charge in [0.2, 0.25) is 0 Å². The molecule has 152 valence electrons. The average Bonchev–Trinajstić information content (AvgIpc) is 2.61. The second-order valence-corrected chi connectivity index (χ2v) is 7.47. The summed E-state index contributed by atoms with van der Waals surface area (Å²) in [5, 5.41) is 4.06. The Morgan fingerprint density at radius 3 is 2.41 bits per heavy atom. The van der Waals surface area contributed by atoms with E-state index < -0.39 is 0 Å². The lowest BCUT2D eigenvalue weighted by Crippen LogP contribution is -2.28. The topological polar surface area (TPSA) is 45.2 Å². The lowest BCUT2D eigenvalue weighted by atomic mass is 10.2. The lowest BCUT2D eigenvalue weighted by molar-refractivity contribution is 0.0948. The molecule has 0 saturated carbocycles. The van der Waals surface area contributed by atoms with Gasteiger partial charge in [-0.05, 0) is 80.0 Å². The van der Waals surface area contributed by atoms with Crippen LogP contribution in [0.2, 0.25) is 0 Å².